The maximum atomic E-state index is 13.2. The highest BCUT2D eigenvalue weighted by Crippen LogP contribution is 2.34. The van der Waals surface area contributed by atoms with Gasteiger partial charge >= 0.3 is 0 Å². The summed E-state index contributed by atoms with van der Waals surface area (Å²) in [5, 5.41) is 7.66. The average molecular weight is 444 g/mol. The fourth-order valence-electron chi connectivity index (χ4n) is 4.87. The number of hydrogen-bond acceptors (Lipinski definition) is 7. The second kappa shape index (κ2) is 10.4. The predicted octanol–water partition coefficient (Wildman–Crippen LogP) is 2.58. The van der Waals surface area contributed by atoms with Gasteiger partial charge in [0.1, 0.15) is 6.61 Å². The van der Waals surface area contributed by atoms with E-state index in [2.05, 4.69) is 10.5 Å². The smallest absolute Gasteiger partial charge is 0.223 e. The fourth-order valence-corrected chi connectivity index (χ4v) is 4.87. The number of aromatic nitrogens is 1. The molecule has 0 unspecified atom stereocenters. The number of benzene rings is 1. The van der Waals surface area contributed by atoms with Crippen LogP contribution in [0.2, 0.25) is 0 Å². The molecule has 2 aliphatic rings. The van der Waals surface area contributed by atoms with Crippen molar-refractivity contribution in [3.63, 3.8) is 0 Å². The Kier molecular flexibility index (Phi) is 7.32. The minimum Gasteiger partial charge on any atom is -0.493 e. The van der Waals surface area contributed by atoms with Gasteiger partial charge in [-0.3, -0.25) is 4.79 Å². The van der Waals surface area contributed by atoms with Crippen LogP contribution in [0.1, 0.15) is 35.4 Å². The minimum absolute atomic E-state index is 0.225. The molecule has 1 aromatic heterocycles. The Balaban J connectivity index is 1.39. The largest absolute Gasteiger partial charge is 0.493 e. The summed E-state index contributed by atoms with van der Waals surface area (Å²) in [5.41, 5.74) is 3.29. The number of amides is 1. The lowest BCUT2D eigenvalue weighted by Crippen LogP contribution is -2.42. The lowest BCUT2D eigenvalue weighted by Gasteiger charge is -2.35. The number of nitrogens with zero attached hydrogens (tertiary/aromatic N) is 2. The number of fused-ring (bicyclic) bond motifs is 1. The van der Waals surface area contributed by atoms with E-state index in [0.717, 1.165) is 61.7 Å². The normalized spacial score (nSPS) is 20.7. The summed E-state index contributed by atoms with van der Waals surface area (Å²) in [7, 11) is 4.93. The van der Waals surface area contributed by atoms with Gasteiger partial charge in [0.25, 0.3) is 0 Å². The fraction of sp³-hybridized carbons (Fsp3) is 0.583. The van der Waals surface area contributed by atoms with Crippen molar-refractivity contribution in [3.05, 3.63) is 40.8 Å². The third kappa shape index (κ3) is 5.07. The molecule has 1 saturated heterocycles. The molecule has 174 valence electrons. The lowest BCUT2D eigenvalue weighted by molar-refractivity contribution is -0.133. The van der Waals surface area contributed by atoms with Crippen LogP contribution in [-0.4, -0.2) is 56.9 Å². The Hall–Kier alpha value is -2.58. The first kappa shape index (κ1) is 22.6. The molecule has 0 aliphatic carbocycles. The predicted molar refractivity (Wildman–Crippen MR) is 119 cm³/mol. The highest BCUT2D eigenvalue weighted by molar-refractivity contribution is 5.77. The van der Waals surface area contributed by atoms with Crippen molar-refractivity contribution in [1.29, 1.82) is 0 Å². The Morgan fingerprint density at radius 1 is 1.16 bits per heavy atom. The van der Waals surface area contributed by atoms with Crippen LogP contribution < -0.4 is 14.8 Å². The SMILES string of the molecule is COCc1cc(C[C@H]2CNCC[C@H]2CC(=O)N2CCc3cc(OC)c(OC)cc3C2)no1. The van der Waals surface area contributed by atoms with E-state index in [1.807, 2.05) is 23.1 Å². The molecule has 1 amide bonds. The number of carbonyl (C=O) groups is 1. The standard InChI is InChI=1S/C24H33N3O5/c1-29-15-21-12-20(26-32-21)8-18-13-25-6-4-16(18)11-24(28)27-7-5-17-9-22(30-2)23(31-3)10-19(17)14-27/h9-10,12,16,18,25H,4-8,11,13-15H2,1-3H3/t16-,18-/m0/s1. The van der Waals surface area contributed by atoms with Crippen LogP contribution >= 0.6 is 0 Å². The van der Waals surface area contributed by atoms with Crippen LogP contribution in [0.4, 0.5) is 0 Å². The van der Waals surface area contributed by atoms with Gasteiger partial charge in [-0.2, -0.15) is 0 Å². The molecule has 0 saturated carbocycles. The molecule has 2 aliphatic heterocycles. The summed E-state index contributed by atoms with van der Waals surface area (Å²) in [4.78, 5) is 15.2. The van der Waals surface area contributed by atoms with E-state index in [1.54, 1.807) is 21.3 Å². The summed E-state index contributed by atoms with van der Waals surface area (Å²) < 4.78 is 21.3. The molecule has 2 aromatic rings. The van der Waals surface area contributed by atoms with Gasteiger partial charge in [-0.15, -0.1) is 0 Å². The van der Waals surface area contributed by atoms with Crippen molar-refractivity contribution in [2.45, 2.75) is 38.8 Å². The van der Waals surface area contributed by atoms with Crippen LogP contribution in [-0.2, 0) is 35.5 Å². The van der Waals surface area contributed by atoms with E-state index in [1.165, 1.54) is 5.56 Å². The molecular weight excluding hydrogens is 410 g/mol. The van der Waals surface area contributed by atoms with E-state index in [9.17, 15) is 4.79 Å². The highest BCUT2D eigenvalue weighted by Gasteiger charge is 2.31. The zero-order chi connectivity index (χ0) is 22.5. The number of hydrogen-bond donors (Lipinski definition) is 1. The molecule has 0 spiro atoms. The molecule has 1 fully saturated rings. The molecule has 3 heterocycles. The van der Waals surface area contributed by atoms with Crippen molar-refractivity contribution in [2.75, 3.05) is 41.0 Å². The zero-order valence-corrected chi connectivity index (χ0v) is 19.2. The monoisotopic (exact) mass is 443 g/mol. The van der Waals surface area contributed by atoms with Gasteiger partial charge in [0.15, 0.2) is 17.3 Å². The van der Waals surface area contributed by atoms with E-state index in [4.69, 9.17) is 18.7 Å². The molecule has 1 N–H and O–H groups in total. The lowest BCUT2D eigenvalue weighted by atomic mass is 9.80. The average Bonchev–Trinajstić information content (AvgIpc) is 3.26. The number of nitrogens with one attached hydrogen (secondary N) is 1. The number of rotatable bonds is 8. The molecule has 2 atom stereocenters. The van der Waals surface area contributed by atoms with Gasteiger partial charge in [-0.05, 0) is 67.4 Å². The first-order valence-electron chi connectivity index (χ1n) is 11.3. The highest BCUT2D eigenvalue weighted by atomic mass is 16.5. The molecule has 0 radical (unpaired) electrons. The molecule has 4 rings (SSSR count). The van der Waals surface area contributed by atoms with Crippen molar-refractivity contribution in [1.82, 2.24) is 15.4 Å². The third-order valence-electron chi connectivity index (χ3n) is 6.64. The van der Waals surface area contributed by atoms with E-state index < -0.39 is 0 Å². The summed E-state index contributed by atoms with van der Waals surface area (Å²) in [5.74, 6) is 3.10. The Labute approximate surface area is 189 Å². The number of methoxy groups -OCH3 is 3. The van der Waals surface area contributed by atoms with E-state index >= 15 is 0 Å². The maximum Gasteiger partial charge on any atom is 0.223 e. The zero-order valence-electron chi connectivity index (χ0n) is 19.2. The van der Waals surface area contributed by atoms with Gasteiger partial charge in [0, 0.05) is 32.7 Å². The molecular formula is C24H33N3O5. The van der Waals surface area contributed by atoms with Crippen LogP contribution in [0.15, 0.2) is 22.7 Å². The minimum atomic E-state index is 0.225. The van der Waals surface area contributed by atoms with Crippen LogP contribution in [0, 0.1) is 11.8 Å². The van der Waals surface area contributed by atoms with Crippen LogP contribution in [0.25, 0.3) is 0 Å². The molecule has 1 aromatic carbocycles. The van der Waals surface area contributed by atoms with Crippen molar-refractivity contribution < 1.29 is 23.5 Å². The molecule has 8 heteroatoms. The topological polar surface area (TPSA) is 86.1 Å². The van der Waals surface area contributed by atoms with Crippen molar-refractivity contribution >= 4 is 5.91 Å². The van der Waals surface area contributed by atoms with Gasteiger partial charge in [0.2, 0.25) is 5.91 Å². The summed E-state index contributed by atoms with van der Waals surface area (Å²) in [6, 6.07) is 6.00. The summed E-state index contributed by atoms with van der Waals surface area (Å²) in [6.45, 7) is 3.62. The van der Waals surface area contributed by atoms with Gasteiger partial charge in [-0.1, -0.05) is 5.16 Å². The van der Waals surface area contributed by atoms with E-state index in [-0.39, 0.29) is 5.91 Å². The third-order valence-corrected chi connectivity index (χ3v) is 6.64. The van der Waals surface area contributed by atoms with Crippen molar-refractivity contribution in [2.24, 2.45) is 11.8 Å². The maximum absolute atomic E-state index is 13.2. The molecule has 8 nitrogen and oxygen atoms in total. The first-order valence-corrected chi connectivity index (χ1v) is 11.3. The second-order valence-corrected chi connectivity index (χ2v) is 8.68. The van der Waals surface area contributed by atoms with Gasteiger partial charge in [-0.25, -0.2) is 0 Å². The first-order chi connectivity index (χ1) is 15.6. The van der Waals surface area contributed by atoms with Crippen molar-refractivity contribution in [3.8, 4) is 11.5 Å². The number of carbonyl (C=O) groups excluding carboxylic acids is 1. The number of ether oxygens (including phenoxy) is 3. The van der Waals surface area contributed by atoms with Crippen LogP contribution in [0.5, 0.6) is 11.5 Å². The van der Waals surface area contributed by atoms with E-state index in [0.29, 0.717) is 37.2 Å². The van der Waals surface area contributed by atoms with Gasteiger partial charge in [0.05, 0.1) is 19.9 Å². The molecule has 32 heavy (non-hydrogen) atoms. The number of piperidine rings is 1. The summed E-state index contributed by atoms with van der Waals surface area (Å²) in [6.07, 6.45) is 3.20. The Bertz CT molecular complexity index is 928. The Morgan fingerprint density at radius 2 is 1.94 bits per heavy atom. The second-order valence-electron chi connectivity index (χ2n) is 8.68. The Morgan fingerprint density at radius 3 is 2.69 bits per heavy atom. The summed E-state index contributed by atoms with van der Waals surface area (Å²) >= 11 is 0. The van der Waals surface area contributed by atoms with Crippen LogP contribution in [0.3, 0.4) is 0 Å². The molecule has 0 bridgehead atoms. The quantitative estimate of drug-likeness (QED) is 0.671. The van der Waals surface area contributed by atoms with Gasteiger partial charge < -0.3 is 29.0 Å².